The van der Waals surface area contributed by atoms with E-state index in [2.05, 4.69) is 48.1 Å². The maximum atomic E-state index is 11.9. The topological polar surface area (TPSA) is 136 Å². The number of phenols is 2. The number of hydrogen-bond donors (Lipinski definition) is 2. The summed E-state index contributed by atoms with van der Waals surface area (Å²) in [6.07, 6.45) is 12.1. The first-order chi connectivity index (χ1) is 19.4. The molecule has 9 heteroatoms. The molecule has 0 unspecified atom stereocenters. The second-order valence-corrected chi connectivity index (χ2v) is 9.59. The molecule has 41 heavy (non-hydrogen) atoms. The number of para-hydroxylation sites is 2. The Kier molecular flexibility index (Phi) is 21.7. The van der Waals surface area contributed by atoms with Crippen molar-refractivity contribution in [2.24, 2.45) is 20.4 Å². The van der Waals surface area contributed by atoms with Gasteiger partial charge >= 0.3 is 17.1 Å². The molecule has 0 amide bonds. The number of phenolic OH excluding ortho intramolecular Hbond substituents is 2. The normalized spacial score (nSPS) is 11.1. The Morgan fingerprint density at radius 2 is 0.829 bits per heavy atom. The molecule has 0 heterocycles. The standard InChI is InChI=1S/2C16H24N2O2.Cu/c2*1-3-5-9-13(10-6-4-2)17-18-16(20)14-11-7-8-12-15(14)19;/h2*7-8,11-12,19H,3-6,9-10H2,1-2H3,(H,18,20);/q;;+2/p-2. The second-order valence-electron chi connectivity index (χ2n) is 9.59. The van der Waals surface area contributed by atoms with Crippen LogP contribution in [0.15, 0.2) is 68.9 Å². The molecule has 0 aliphatic rings. The maximum absolute atomic E-state index is 11.9. The summed E-state index contributed by atoms with van der Waals surface area (Å²) in [6.45, 7) is 8.51. The van der Waals surface area contributed by atoms with Gasteiger partial charge in [-0.1, -0.05) is 89.8 Å². The van der Waals surface area contributed by atoms with Crippen molar-refractivity contribution in [2.45, 2.75) is 105 Å². The maximum Gasteiger partial charge on any atom is 2.00 e. The van der Waals surface area contributed by atoms with Crippen LogP contribution in [0.5, 0.6) is 11.5 Å². The van der Waals surface area contributed by atoms with Crippen molar-refractivity contribution in [1.29, 1.82) is 0 Å². The number of aromatic hydroxyl groups is 2. The van der Waals surface area contributed by atoms with Crippen LogP contribution in [0.4, 0.5) is 0 Å². The van der Waals surface area contributed by atoms with Gasteiger partial charge in [0.25, 0.3) is 0 Å². The van der Waals surface area contributed by atoms with Gasteiger partial charge in [0.15, 0.2) is 0 Å². The van der Waals surface area contributed by atoms with Crippen molar-refractivity contribution < 1.29 is 37.5 Å². The van der Waals surface area contributed by atoms with Gasteiger partial charge in [0.1, 0.15) is 11.5 Å². The van der Waals surface area contributed by atoms with Crippen molar-refractivity contribution in [3.05, 3.63) is 59.7 Å². The van der Waals surface area contributed by atoms with E-state index in [-0.39, 0.29) is 39.7 Å². The molecule has 0 saturated heterocycles. The molecular weight excluding hydrogens is 568 g/mol. The van der Waals surface area contributed by atoms with Gasteiger partial charge < -0.3 is 20.4 Å². The molecule has 0 saturated carbocycles. The van der Waals surface area contributed by atoms with Crippen molar-refractivity contribution >= 4 is 23.2 Å². The van der Waals surface area contributed by atoms with Crippen LogP contribution in [0.25, 0.3) is 0 Å². The van der Waals surface area contributed by atoms with E-state index in [9.17, 15) is 20.4 Å². The first-order valence-corrected chi connectivity index (χ1v) is 14.5. The van der Waals surface area contributed by atoms with Crippen LogP contribution in [0.1, 0.15) is 116 Å². The molecule has 0 spiro atoms. The molecule has 0 fully saturated rings. The molecule has 2 N–H and O–H groups in total. The third-order valence-electron chi connectivity index (χ3n) is 6.11. The smallest absolute Gasteiger partial charge is 0.857 e. The molecule has 1 radical (unpaired) electrons. The minimum absolute atomic E-state index is 0. The molecule has 229 valence electrons. The van der Waals surface area contributed by atoms with E-state index < -0.39 is 11.8 Å². The fourth-order valence-electron chi connectivity index (χ4n) is 3.62. The van der Waals surface area contributed by atoms with E-state index in [4.69, 9.17) is 0 Å². The van der Waals surface area contributed by atoms with Crippen molar-refractivity contribution in [3.63, 3.8) is 0 Å². The average Bonchev–Trinajstić information content (AvgIpc) is 2.97. The van der Waals surface area contributed by atoms with Crippen molar-refractivity contribution in [3.8, 4) is 11.5 Å². The predicted molar refractivity (Wildman–Crippen MR) is 162 cm³/mol. The number of hydrogen-bond acceptors (Lipinski definition) is 8. The summed E-state index contributed by atoms with van der Waals surface area (Å²) in [5, 5.41) is 58.7. The molecular formula is C32H46CuN4O4. The van der Waals surface area contributed by atoms with Gasteiger partial charge in [0, 0.05) is 34.3 Å². The molecule has 2 aromatic carbocycles. The van der Waals surface area contributed by atoms with Gasteiger partial charge in [0.2, 0.25) is 0 Å². The summed E-state index contributed by atoms with van der Waals surface area (Å²) in [6, 6.07) is 12.8. The van der Waals surface area contributed by atoms with E-state index in [1.54, 1.807) is 36.4 Å². The Balaban J connectivity index is 0.000000762. The number of rotatable bonds is 16. The van der Waals surface area contributed by atoms with Crippen LogP contribution in [0, 0.1) is 0 Å². The largest absolute Gasteiger partial charge is 2.00 e. The molecule has 0 bridgehead atoms. The summed E-state index contributed by atoms with van der Waals surface area (Å²) in [5.74, 6) is -1.09. The van der Waals surface area contributed by atoms with Crippen LogP contribution < -0.4 is 10.2 Å². The fourth-order valence-corrected chi connectivity index (χ4v) is 3.62. The minimum Gasteiger partial charge on any atom is -0.857 e. The Hall–Kier alpha value is -3.16. The van der Waals surface area contributed by atoms with Gasteiger partial charge in [-0.3, -0.25) is 0 Å². The minimum atomic E-state index is -0.492. The SMILES string of the molecule is CCCCC(CCCC)=N/N=C(\[O-])c1ccccc1O.CCCCC(CCCC)=N/N=C(\[O-])c1ccccc1O.[Cu+2]. The zero-order valence-electron chi connectivity index (χ0n) is 24.9. The molecule has 0 atom stereocenters. The van der Waals surface area contributed by atoms with Gasteiger partial charge in [-0.05, 0) is 63.5 Å². The van der Waals surface area contributed by atoms with E-state index in [1.807, 2.05) is 0 Å². The molecule has 0 aromatic heterocycles. The van der Waals surface area contributed by atoms with Gasteiger partial charge in [0.05, 0.1) is 0 Å². The van der Waals surface area contributed by atoms with Gasteiger partial charge in [-0.2, -0.15) is 20.4 Å². The molecule has 2 aromatic rings. The zero-order valence-corrected chi connectivity index (χ0v) is 25.8. The van der Waals surface area contributed by atoms with Gasteiger partial charge in [-0.25, -0.2) is 0 Å². The first kappa shape index (κ1) is 37.8. The van der Waals surface area contributed by atoms with E-state index >= 15 is 0 Å². The Labute approximate surface area is 256 Å². The van der Waals surface area contributed by atoms with E-state index in [0.717, 1.165) is 88.5 Å². The molecule has 8 nitrogen and oxygen atoms in total. The van der Waals surface area contributed by atoms with E-state index in [0.29, 0.717) is 0 Å². The van der Waals surface area contributed by atoms with Crippen molar-refractivity contribution in [1.82, 2.24) is 0 Å². The van der Waals surface area contributed by atoms with E-state index in [1.165, 1.54) is 12.1 Å². The fraction of sp³-hybridized carbons (Fsp3) is 0.500. The molecule has 0 aliphatic carbocycles. The summed E-state index contributed by atoms with van der Waals surface area (Å²) in [5.41, 5.74) is 2.33. The van der Waals surface area contributed by atoms with Crippen LogP contribution in [-0.2, 0) is 17.1 Å². The second kappa shape index (κ2) is 23.5. The summed E-state index contributed by atoms with van der Waals surface area (Å²) in [4.78, 5) is 0. The number of nitrogens with zero attached hydrogens (tertiary/aromatic N) is 4. The quantitative estimate of drug-likeness (QED) is 0.0970. The zero-order chi connectivity index (χ0) is 29.6. The number of benzene rings is 2. The van der Waals surface area contributed by atoms with Crippen LogP contribution >= 0.6 is 0 Å². The summed E-state index contributed by atoms with van der Waals surface area (Å²) < 4.78 is 0. The number of unbranched alkanes of at least 4 members (excludes halogenated alkanes) is 4. The first-order valence-electron chi connectivity index (χ1n) is 14.5. The van der Waals surface area contributed by atoms with Crippen molar-refractivity contribution in [2.75, 3.05) is 0 Å². The molecule has 0 aliphatic heterocycles. The Morgan fingerprint density at radius 1 is 0.537 bits per heavy atom. The summed E-state index contributed by atoms with van der Waals surface area (Å²) >= 11 is 0. The third kappa shape index (κ3) is 16.0. The van der Waals surface area contributed by atoms with Crippen LogP contribution in [-0.4, -0.2) is 33.4 Å². The summed E-state index contributed by atoms with van der Waals surface area (Å²) in [7, 11) is 0. The molecule has 2 rings (SSSR count). The van der Waals surface area contributed by atoms with Crippen LogP contribution in [0.2, 0.25) is 0 Å². The average molecular weight is 614 g/mol. The third-order valence-corrected chi connectivity index (χ3v) is 6.11. The monoisotopic (exact) mass is 613 g/mol. The van der Waals surface area contributed by atoms with Crippen LogP contribution in [0.3, 0.4) is 0 Å². The predicted octanol–water partition coefficient (Wildman–Crippen LogP) is 6.47. The Bertz CT molecular complexity index is 1010. The van der Waals surface area contributed by atoms with Gasteiger partial charge in [-0.15, -0.1) is 0 Å². The Morgan fingerprint density at radius 3 is 1.10 bits per heavy atom.